The lowest BCUT2D eigenvalue weighted by molar-refractivity contribution is -0.122. The molecule has 0 spiro atoms. The molecule has 0 aliphatic carbocycles. The van der Waals surface area contributed by atoms with Crippen LogP contribution in [0.2, 0.25) is 0 Å². The molecule has 0 heterocycles. The molecule has 24 heavy (non-hydrogen) atoms. The highest BCUT2D eigenvalue weighted by Gasteiger charge is 2.07. The smallest absolute Gasteiger partial charge is 0.220 e. The second-order valence-corrected chi connectivity index (χ2v) is 5.72. The summed E-state index contributed by atoms with van der Waals surface area (Å²) in [4.78, 5) is 11.8. The molecule has 5 heteroatoms. The second-order valence-electron chi connectivity index (χ2n) is 5.72. The fourth-order valence-corrected chi connectivity index (χ4v) is 2.18. The highest BCUT2D eigenvalue weighted by molar-refractivity contribution is 5.76. The number of nitrogens with one attached hydrogen (secondary N) is 1. The Bertz CT molecular complexity index is 656. The molecular formula is C19H24N2O3. The number of carbonyl (C=O) groups is 1. The van der Waals surface area contributed by atoms with Crippen molar-refractivity contribution in [3.8, 4) is 17.2 Å². The summed E-state index contributed by atoms with van der Waals surface area (Å²) in [5, 5.41) is 2.90. The van der Waals surface area contributed by atoms with Gasteiger partial charge in [-0.2, -0.15) is 0 Å². The zero-order chi connectivity index (χ0) is 17.4. The summed E-state index contributed by atoms with van der Waals surface area (Å²) in [7, 11) is 1.61. The van der Waals surface area contributed by atoms with Gasteiger partial charge in [-0.05, 0) is 42.3 Å². The van der Waals surface area contributed by atoms with Crippen LogP contribution < -0.4 is 20.5 Å². The minimum Gasteiger partial charge on any atom is -0.493 e. The third-order valence-corrected chi connectivity index (χ3v) is 3.65. The van der Waals surface area contributed by atoms with Crippen LogP contribution in [0.4, 0.5) is 0 Å². The van der Waals surface area contributed by atoms with Crippen LogP contribution in [-0.2, 0) is 11.3 Å². The summed E-state index contributed by atoms with van der Waals surface area (Å²) >= 11 is 0. The Labute approximate surface area is 142 Å². The molecule has 0 radical (unpaired) electrons. The van der Waals surface area contributed by atoms with Crippen molar-refractivity contribution >= 4 is 5.91 Å². The maximum atomic E-state index is 11.8. The Kier molecular flexibility index (Phi) is 6.63. The topological polar surface area (TPSA) is 73.6 Å². The number of hydrogen-bond donors (Lipinski definition) is 2. The van der Waals surface area contributed by atoms with Crippen LogP contribution in [0.25, 0.3) is 0 Å². The van der Waals surface area contributed by atoms with E-state index >= 15 is 0 Å². The Morgan fingerprint density at radius 1 is 1.12 bits per heavy atom. The van der Waals surface area contributed by atoms with E-state index in [-0.39, 0.29) is 11.8 Å². The first-order chi connectivity index (χ1) is 11.6. The largest absolute Gasteiger partial charge is 0.493 e. The summed E-state index contributed by atoms with van der Waals surface area (Å²) in [6.07, 6.45) is 0.450. The molecule has 2 rings (SSSR count). The fourth-order valence-electron chi connectivity index (χ4n) is 2.18. The number of ether oxygens (including phenoxy) is 2. The number of hydrogen-bond acceptors (Lipinski definition) is 4. The van der Waals surface area contributed by atoms with Crippen molar-refractivity contribution in [2.45, 2.75) is 19.9 Å². The fraction of sp³-hybridized carbons (Fsp3) is 0.316. The molecule has 1 atom stereocenters. The van der Waals surface area contributed by atoms with Crippen molar-refractivity contribution in [2.24, 2.45) is 11.7 Å². The predicted octanol–water partition coefficient (Wildman–Crippen LogP) is 3.09. The molecule has 5 nitrogen and oxygen atoms in total. The van der Waals surface area contributed by atoms with E-state index in [0.717, 1.165) is 5.56 Å². The number of rotatable bonds is 8. The number of amides is 1. The Morgan fingerprint density at radius 3 is 2.42 bits per heavy atom. The van der Waals surface area contributed by atoms with Gasteiger partial charge in [-0.3, -0.25) is 4.79 Å². The Hall–Kier alpha value is -2.53. The molecular weight excluding hydrogens is 304 g/mol. The van der Waals surface area contributed by atoms with Crippen molar-refractivity contribution in [3.05, 3.63) is 54.1 Å². The highest BCUT2D eigenvalue weighted by atomic mass is 16.5. The van der Waals surface area contributed by atoms with Gasteiger partial charge < -0.3 is 20.5 Å². The molecule has 0 saturated carbocycles. The lowest BCUT2D eigenvalue weighted by atomic mass is 10.1. The number of nitrogens with two attached hydrogens (primary N) is 1. The SMILES string of the molecule is COc1ccccc1Oc1ccc(CNC(=O)C[C@@H](C)CN)cc1. The van der Waals surface area contributed by atoms with Gasteiger partial charge in [-0.25, -0.2) is 0 Å². The van der Waals surface area contributed by atoms with Crippen LogP contribution in [0.5, 0.6) is 17.2 Å². The van der Waals surface area contributed by atoms with Gasteiger partial charge in [0.1, 0.15) is 5.75 Å². The second kappa shape index (κ2) is 8.93. The Balaban J connectivity index is 1.90. The van der Waals surface area contributed by atoms with E-state index < -0.39 is 0 Å². The molecule has 0 aliphatic heterocycles. The van der Waals surface area contributed by atoms with Gasteiger partial charge in [0.25, 0.3) is 0 Å². The normalized spacial score (nSPS) is 11.6. The standard InChI is InChI=1S/C19H24N2O3/c1-14(12-20)11-19(22)21-13-15-7-9-16(10-8-15)24-18-6-4-3-5-17(18)23-2/h3-10,14H,11-13,20H2,1-2H3,(H,21,22)/t14-/m1/s1. The Morgan fingerprint density at radius 2 is 1.79 bits per heavy atom. The van der Waals surface area contributed by atoms with Gasteiger partial charge in [0.05, 0.1) is 7.11 Å². The predicted molar refractivity (Wildman–Crippen MR) is 94.2 cm³/mol. The van der Waals surface area contributed by atoms with E-state index in [0.29, 0.717) is 36.8 Å². The van der Waals surface area contributed by atoms with Crippen molar-refractivity contribution in [1.82, 2.24) is 5.32 Å². The molecule has 2 aromatic rings. The molecule has 0 aliphatic rings. The average molecular weight is 328 g/mol. The first-order valence-electron chi connectivity index (χ1n) is 7.99. The van der Waals surface area contributed by atoms with E-state index in [1.165, 1.54) is 0 Å². The quantitative estimate of drug-likeness (QED) is 0.781. The van der Waals surface area contributed by atoms with Crippen molar-refractivity contribution in [3.63, 3.8) is 0 Å². The van der Waals surface area contributed by atoms with Gasteiger partial charge in [-0.1, -0.05) is 31.2 Å². The maximum absolute atomic E-state index is 11.8. The van der Waals surface area contributed by atoms with E-state index in [2.05, 4.69) is 5.32 Å². The number of benzene rings is 2. The van der Waals surface area contributed by atoms with Crippen LogP contribution in [0, 0.1) is 5.92 Å². The highest BCUT2D eigenvalue weighted by Crippen LogP contribution is 2.30. The molecule has 1 amide bonds. The molecule has 0 fully saturated rings. The summed E-state index contributed by atoms with van der Waals surface area (Å²) in [5.74, 6) is 2.27. The van der Waals surface area contributed by atoms with Crippen molar-refractivity contribution in [2.75, 3.05) is 13.7 Å². The van der Waals surface area contributed by atoms with Crippen molar-refractivity contribution in [1.29, 1.82) is 0 Å². The van der Waals surface area contributed by atoms with Gasteiger partial charge >= 0.3 is 0 Å². The lowest BCUT2D eigenvalue weighted by Gasteiger charge is -2.11. The first-order valence-corrected chi connectivity index (χ1v) is 7.99. The molecule has 3 N–H and O–H groups in total. The van der Waals surface area contributed by atoms with E-state index in [1.54, 1.807) is 7.11 Å². The number of methoxy groups -OCH3 is 1. The first kappa shape index (κ1) is 17.8. The van der Waals surface area contributed by atoms with Gasteiger partial charge in [0, 0.05) is 13.0 Å². The summed E-state index contributed by atoms with van der Waals surface area (Å²) in [6.45, 7) is 2.97. The minimum atomic E-state index is 0.0160. The molecule has 0 saturated heterocycles. The zero-order valence-electron chi connectivity index (χ0n) is 14.1. The molecule has 128 valence electrons. The van der Waals surface area contributed by atoms with Gasteiger partial charge in [0.2, 0.25) is 5.91 Å². The van der Waals surface area contributed by atoms with Crippen LogP contribution in [0.15, 0.2) is 48.5 Å². The minimum absolute atomic E-state index is 0.0160. The summed E-state index contributed by atoms with van der Waals surface area (Å²) in [5.41, 5.74) is 6.54. The number of carbonyl (C=O) groups excluding carboxylic acids is 1. The van der Waals surface area contributed by atoms with Gasteiger partial charge in [-0.15, -0.1) is 0 Å². The number of para-hydroxylation sites is 2. The monoisotopic (exact) mass is 328 g/mol. The lowest BCUT2D eigenvalue weighted by Crippen LogP contribution is -2.26. The third-order valence-electron chi connectivity index (χ3n) is 3.65. The van der Waals surface area contributed by atoms with Gasteiger partial charge in [0.15, 0.2) is 11.5 Å². The zero-order valence-corrected chi connectivity index (χ0v) is 14.1. The van der Waals surface area contributed by atoms with E-state index in [1.807, 2.05) is 55.5 Å². The molecule has 0 unspecified atom stereocenters. The van der Waals surface area contributed by atoms with Crippen molar-refractivity contribution < 1.29 is 14.3 Å². The molecule has 2 aromatic carbocycles. The summed E-state index contributed by atoms with van der Waals surface area (Å²) in [6, 6.07) is 15.1. The van der Waals surface area contributed by atoms with Crippen LogP contribution in [-0.4, -0.2) is 19.6 Å². The van der Waals surface area contributed by atoms with Crippen LogP contribution >= 0.6 is 0 Å². The third kappa shape index (κ3) is 5.28. The molecule has 0 aromatic heterocycles. The van der Waals surface area contributed by atoms with Crippen LogP contribution in [0.3, 0.4) is 0 Å². The molecule has 0 bridgehead atoms. The summed E-state index contributed by atoms with van der Waals surface area (Å²) < 4.78 is 11.1. The van der Waals surface area contributed by atoms with Crippen LogP contribution in [0.1, 0.15) is 18.9 Å². The maximum Gasteiger partial charge on any atom is 0.220 e. The average Bonchev–Trinajstić information content (AvgIpc) is 2.61. The van der Waals surface area contributed by atoms with E-state index in [4.69, 9.17) is 15.2 Å². The van der Waals surface area contributed by atoms with E-state index in [9.17, 15) is 4.79 Å².